The van der Waals surface area contributed by atoms with Gasteiger partial charge in [0.05, 0.1) is 0 Å². The molecule has 2 N–H and O–H groups in total. The number of aliphatic hydroxyl groups is 2. The van der Waals surface area contributed by atoms with Gasteiger partial charge in [-0.05, 0) is 41.8 Å². The van der Waals surface area contributed by atoms with Gasteiger partial charge in [-0.3, -0.25) is 0 Å². The molecule has 0 amide bonds. The highest BCUT2D eigenvalue weighted by Crippen LogP contribution is 2.30. The second-order valence-electron chi connectivity index (χ2n) is 20.1. The number of esters is 10. The fourth-order valence-corrected chi connectivity index (χ4v) is 7.30. The fourth-order valence-electron chi connectivity index (χ4n) is 7.30. The first kappa shape index (κ1) is 83.6. The highest BCUT2D eigenvalue weighted by atomic mass is 16.8. The molecule has 0 saturated heterocycles. The SMILES string of the molecule is C=CC(=O)OCC(COC(=O)C=C)(COC(=O)C=C)OC(COC(=O)C=C)(COC(=O)C=C)COC(=O)OCC(O)COc1ccc(Cc2ccc(OCC(O)COC(=O)OCC(COC(=O)C=C)(COC(=O)C=C)OC(COC(=O)C=C)(COC(=O)C=C)COC(=O)C=C)cc2)cc1. The monoisotopic (exact) mass is 1390 g/mol. The van der Waals surface area contributed by atoms with Crippen molar-refractivity contribution in [2.75, 3.05) is 106 Å². The van der Waals surface area contributed by atoms with Gasteiger partial charge in [0.2, 0.25) is 0 Å². The summed E-state index contributed by atoms with van der Waals surface area (Å²) >= 11 is 0. The van der Waals surface area contributed by atoms with Gasteiger partial charge in [-0.15, -0.1) is 0 Å². The van der Waals surface area contributed by atoms with Gasteiger partial charge in [0.1, 0.15) is 129 Å². The van der Waals surface area contributed by atoms with E-state index in [1.54, 1.807) is 48.5 Å². The number of benzene rings is 2. The molecule has 32 heteroatoms. The zero-order valence-corrected chi connectivity index (χ0v) is 53.8. The molecule has 0 saturated carbocycles. The predicted octanol–water partition coefficient (Wildman–Crippen LogP) is 3.34. The Kier molecular flexibility index (Phi) is 37.4. The van der Waals surface area contributed by atoms with Crippen LogP contribution in [0, 0.1) is 0 Å². The number of carbonyl (C=O) groups is 12. The minimum atomic E-state index is -2.35. The Morgan fingerprint density at radius 2 is 0.465 bits per heavy atom. The normalized spacial score (nSPS) is 11.5. The lowest BCUT2D eigenvalue weighted by Crippen LogP contribution is -2.59. The van der Waals surface area contributed by atoms with Crippen molar-refractivity contribution in [1.29, 1.82) is 0 Å². The van der Waals surface area contributed by atoms with Crippen LogP contribution in [0.25, 0.3) is 0 Å². The second kappa shape index (κ2) is 44.3. The van der Waals surface area contributed by atoms with Gasteiger partial charge in [0.25, 0.3) is 0 Å². The van der Waals surface area contributed by atoms with E-state index in [2.05, 4.69) is 65.8 Å². The van der Waals surface area contributed by atoms with Gasteiger partial charge >= 0.3 is 72.0 Å². The van der Waals surface area contributed by atoms with Gasteiger partial charge < -0.3 is 95.5 Å². The van der Waals surface area contributed by atoms with Crippen LogP contribution in [0.5, 0.6) is 11.5 Å². The maximum Gasteiger partial charge on any atom is 0.508 e. The molecule has 2 aromatic rings. The Hall–Kier alpha value is -11.5. The molecule has 32 nitrogen and oxygen atoms in total. The van der Waals surface area contributed by atoms with Crippen molar-refractivity contribution in [2.45, 2.75) is 41.0 Å². The van der Waals surface area contributed by atoms with Gasteiger partial charge in [-0.1, -0.05) is 90.1 Å². The van der Waals surface area contributed by atoms with E-state index in [9.17, 15) is 67.7 Å². The molecular formula is C67H76O32. The maximum absolute atomic E-state index is 13.1. The molecule has 2 aromatic carbocycles. The van der Waals surface area contributed by atoms with Crippen LogP contribution in [0.3, 0.4) is 0 Å². The molecule has 2 atom stereocenters. The number of hydrogen-bond donors (Lipinski definition) is 2. The first-order chi connectivity index (χ1) is 47.1. The predicted molar refractivity (Wildman–Crippen MR) is 338 cm³/mol. The number of rotatable bonds is 50. The summed E-state index contributed by atoms with van der Waals surface area (Å²) in [6, 6.07) is 13.3. The van der Waals surface area contributed by atoms with Gasteiger partial charge in [-0.2, -0.15) is 0 Å². The minimum Gasteiger partial charge on any atom is -0.491 e. The molecule has 0 aliphatic heterocycles. The Bertz CT molecular complexity index is 2820. The molecule has 2 rings (SSSR count). The second-order valence-corrected chi connectivity index (χ2v) is 20.1. The van der Waals surface area contributed by atoms with E-state index in [-0.39, 0.29) is 0 Å². The number of aliphatic hydroxyl groups excluding tert-OH is 2. The summed E-state index contributed by atoms with van der Waals surface area (Å²) < 4.78 is 96.6. The average Bonchev–Trinajstić information content (AvgIpc) is 0.810. The summed E-state index contributed by atoms with van der Waals surface area (Å²) in [5.74, 6) is -9.94. The Balaban J connectivity index is 2.17. The van der Waals surface area contributed by atoms with Crippen molar-refractivity contribution in [3.8, 4) is 11.5 Å². The van der Waals surface area contributed by atoms with E-state index in [0.29, 0.717) is 17.9 Å². The standard InChI is InChI=1S/C67H76O32/c1-11-52(70)86-34-64(35-87-53(71)12-2,36-88-54(72)13-3)98-66(40-92-58(76)17-7,41-93-59(77)18-8)44-96-62(80)84-32-48(68)30-82-50-25-21-46(22-26-50)29-47-23-27-51(28-24-47)83-31-49(69)33-85-63(81)97-45-67(42-94-60(78)19-9,43-95-61(79)20-10)99-65(37-89-55(73)14-4,38-90-56(74)15-5)39-91-57(75)16-6/h11-28,48-49,68-69H,1-10,29-45H2. The van der Waals surface area contributed by atoms with Crippen LogP contribution < -0.4 is 9.47 Å². The molecule has 0 heterocycles. The van der Waals surface area contributed by atoms with E-state index in [1.165, 1.54) is 0 Å². The average molecular weight is 1390 g/mol. The summed E-state index contributed by atoms with van der Waals surface area (Å²) in [4.78, 5) is 149. The molecule has 536 valence electrons. The van der Waals surface area contributed by atoms with Crippen molar-refractivity contribution < 1.29 is 153 Å². The largest absolute Gasteiger partial charge is 0.508 e. The van der Waals surface area contributed by atoms with Gasteiger partial charge in [0, 0.05) is 60.8 Å². The molecule has 2 unspecified atom stereocenters. The lowest BCUT2D eigenvalue weighted by atomic mass is 10.0. The van der Waals surface area contributed by atoms with E-state index in [0.717, 1.165) is 71.9 Å². The quantitative estimate of drug-likeness (QED) is 0.0545. The lowest BCUT2D eigenvalue weighted by molar-refractivity contribution is -0.251. The Morgan fingerprint density at radius 1 is 0.283 bits per heavy atom. The third-order valence-corrected chi connectivity index (χ3v) is 12.1. The summed E-state index contributed by atoms with van der Waals surface area (Å²) in [6.07, 6.45) is 2.08. The first-order valence-corrected chi connectivity index (χ1v) is 28.9. The zero-order valence-electron chi connectivity index (χ0n) is 53.8. The van der Waals surface area contributed by atoms with E-state index in [4.69, 9.17) is 85.3 Å². The van der Waals surface area contributed by atoms with Crippen LogP contribution in [-0.4, -0.2) is 223 Å². The van der Waals surface area contributed by atoms with E-state index >= 15 is 0 Å². The highest BCUT2D eigenvalue weighted by Gasteiger charge is 2.50. The molecular weight excluding hydrogens is 1320 g/mol. The lowest BCUT2D eigenvalue weighted by Gasteiger charge is -2.41. The number of ether oxygens (including phenoxy) is 18. The van der Waals surface area contributed by atoms with Crippen molar-refractivity contribution in [1.82, 2.24) is 0 Å². The van der Waals surface area contributed by atoms with Crippen LogP contribution in [-0.2, 0) is 130 Å². The highest BCUT2D eigenvalue weighted by molar-refractivity contribution is 5.85. The summed E-state index contributed by atoms with van der Waals surface area (Å²) in [5.41, 5.74) is -7.64. The van der Waals surface area contributed by atoms with Crippen LogP contribution in [0.1, 0.15) is 11.1 Å². The van der Waals surface area contributed by atoms with E-state index in [1.807, 2.05) is 0 Å². The smallest absolute Gasteiger partial charge is 0.491 e. The van der Waals surface area contributed by atoms with Crippen LogP contribution in [0.15, 0.2) is 175 Å². The molecule has 0 bridgehead atoms. The van der Waals surface area contributed by atoms with Crippen molar-refractivity contribution in [3.63, 3.8) is 0 Å². The molecule has 0 aliphatic carbocycles. The van der Waals surface area contributed by atoms with Crippen LogP contribution >= 0.6 is 0 Å². The molecule has 99 heavy (non-hydrogen) atoms. The van der Waals surface area contributed by atoms with Crippen LogP contribution in [0.2, 0.25) is 0 Å². The Morgan fingerprint density at radius 3 is 0.646 bits per heavy atom. The number of carbonyl (C=O) groups excluding carboxylic acids is 12. The third kappa shape index (κ3) is 33.2. The third-order valence-electron chi connectivity index (χ3n) is 12.1. The van der Waals surface area contributed by atoms with Gasteiger partial charge in [0.15, 0.2) is 22.4 Å². The maximum atomic E-state index is 13.1. The molecule has 0 fully saturated rings. The van der Waals surface area contributed by atoms with Crippen LogP contribution in [0.4, 0.5) is 9.59 Å². The zero-order chi connectivity index (χ0) is 73.9. The molecule has 0 aliphatic rings. The molecule has 0 radical (unpaired) electrons. The van der Waals surface area contributed by atoms with Gasteiger partial charge in [-0.25, -0.2) is 57.5 Å². The van der Waals surface area contributed by atoms with E-state index < -0.39 is 212 Å². The summed E-state index contributed by atoms with van der Waals surface area (Å²) in [6.45, 7) is 19.5. The number of hydrogen-bond acceptors (Lipinski definition) is 32. The molecule has 0 aromatic heterocycles. The molecule has 0 spiro atoms. The summed E-state index contributed by atoms with van der Waals surface area (Å²) in [5, 5.41) is 21.4. The summed E-state index contributed by atoms with van der Waals surface area (Å²) in [7, 11) is 0. The minimum absolute atomic E-state index is 0.295. The van der Waals surface area contributed by atoms with Crippen molar-refractivity contribution in [3.05, 3.63) is 186 Å². The van der Waals surface area contributed by atoms with Crippen molar-refractivity contribution >= 4 is 72.0 Å². The fraction of sp³-hybridized carbons (Fsp3) is 0.343. The first-order valence-electron chi connectivity index (χ1n) is 28.9. The Labute approximate surface area is 567 Å². The topological polar surface area (TPSA) is 411 Å². The van der Waals surface area contributed by atoms with Crippen molar-refractivity contribution in [2.24, 2.45) is 0 Å².